The number of anilines is 1. The van der Waals surface area contributed by atoms with Crippen LogP contribution in [-0.4, -0.2) is 81.9 Å². The number of hydrogen-bond donors (Lipinski definition) is 2. The van der Waals surface area contributed by atoms with Crippen molar-refractivity contribution in [3.05, 3.63) is 70.4 Å². The lowest BCUT2D eigenvalue weighted by Crippen LogP contribution is -2.40. The van der Waals surface area contributed by atoms with Crippen LogP contribution in [0.5, 0.6) is 5.75 Å². The van der Waals surface area contributed by atoms with Crippen LogP contribution in [0.25, 0.3) is 0 Å². The van der Waals surface area contributed by atoms with Crippen molar-refractivity contribution in [3.63, 3.8) is 0 Å². The van der Waals surface area contributed by atoms with Gasteiger partial charge in [-0.15, -0.1) is 5.10 Å². The van der Waals surface area contributed by atoms with Gasteiger partial charge in [-0.3, -0.25) is 19.3 Å². The summed E-state index contributed by atoms with van der Waals surface area (Å²) in [7, 11) is 1.69. The fraction of sp³-hybridized carbons (Fsp3) is 0.500. The molecule has 1 unspecified atom stereocenters. The van der Waals surface area contributed by atoms with Crippen LogP contribution in [0, 0.1) is 5.92 Å². The molecule has 1 atom stereocenters. The van der Waals surface area contributed by atoms with Crippen LogP contribution >= 0.6 is 0 Å². The molecule has 12 nitrogen and oxygen atoms in total. The molecule has 1 saturated heterocycles. The summed E-state index contributed by atoms with van der Waals surface area (Å²) in [5.74, 6) is -0.309. The fourth-order valence-corrected chi connectivity index (χ4v) is 4.98. The van der Waals surface area contributed by atoms with Crippen LogP contribution in [0.2, 0.25) is 0 Å². The molecule has 2 amide bonds. The zero-order valence-electron chi connectivity index (χ0n) is 25.3. The highest BCUT2D eigenvalue weighted by Gasteiger charge is 2.23. The number of carbonyl (C=O) groups excluding carboxylic acids is 2. The molecule has 244 valence electrons. The number of benzene rings is 1. The number of rotatable bonds is 15. The predicted molar refractivity (Wildman–Crippen MR) is 159 cm³/mol. The van der Waals surface area contributed by atoms with E-state index in [4.69, 9.17) is 4.74 Å². The third-order valence-electron chi connectivity index (χ3n) is 7.24. The number of halogens is 3. The maximum atomic E-state index is 14.7. The first kappa shape index (κ1) is 33.6. The number of pyridine rings is 1. The Hall–Kier alpha value is -4.24. The molecule has 4 rings (SSSR count). The zero-order valence-corrected chi connectivity index (χ0v) is 25.3. The molecule has 3 aromatic rings. The standard InChI is InChI=1S/C30H38F3N7O5/c1-30(32,33)45-25-5-3-4-22(14-25)16-34-29(43)26-18-40(37-36-26)17-23(31)8-12-39-13-9-24(15-28(39)42)35-27(41)19-38-10-6-21(7-11-38)20-44-2/h3-5,9,13-15,18,21,23H,6-8,10-12,16-17,19-20H2,1-2H3,(H,34,43)(H,35,41). The molecule has 2 N–H and O–H groups in total. The minimum Gasteiger partial charge on any atom is -0.433 e. The molecule has 2 aromatic heterocycles. The first-order valence-corrected chi connectivity index (χ1v) is 14.7. The number of likely N-dealkylation sites (tertiary alicyclic amines) is 1. The highest BCUT2D eigenvalue weighted by atomic mass is 19.3. The maximum absolute atomic E-state index is 14.7. The Labute approximate surface area is 258 Å². The molecule has 1 fully saturated rings. The number of methoxy groups -OCH3 is 1. The van der Waals surface area contributed by atoms with Gasteiger partial charge in [0.2, 0.25) is 5.91 Å². The van der Waals surface area contributed by atoms with E-state index in [-0.39, 0.29) is 55.5 Å². The number of hydrogen-bond acceptors (Lipinski definition) is 8. The Morgan fingerprint density at radius 1 is 1.18 bits per heavy atom. The zero-order chi connectivity index (χ0) is 32.4. The third-order valence-corrected chi connectivity index (χ3v) is 7.24. The summed E-state index contributed by atoms with van der Waals surface area (Å²) >= 11 is 0. The van der Waals surface area contributed by atoms with Crippen LogP contribution in [0.4, 0.5) is 18.9 Å². The second-order valence-corrected chi connectivity index (χ2v) is 11.1. The average molecular weight is 634 g/mol. The van der Waals surface area contributed by atoms with Gasteiger partial charge >= 0.3 is 6.11 Å². The first-order chi connectivity index (χ1) is 21.5. The maximum Gasteiger partial charge on any atom is 0.394 e. The minimum absolute atomic E-state index is 0.00123. The van der Waals surface area contributed by atoms with E-state index in [0.29, 0.717) is 24.1 Å². The van der Waals surface area contributed by atoms with Crippen LogP contribution in [0.15, 0.2) is 53.6 Å². The van der Waals surface area contributed by atoms with Crippen molar-refractivity contribution < 1.29 is 32.2 Å². The largest absolute Gasteiger partial charge is 0.433 e. The Balaban J connectivity index is 1.19. The Bertz CT molecular complexity index is 1480. The Kier molecular flexibility index (Phi) is 11.7. The van der Waals surface area contributed by atoms with Crippen molar-refractivity contribution >= 4 is 17.5 Å². The second-order valence-electron chi connectivity index (χ2n) is 11.1. The monoisotopic (exact) mass is 633 g/mol. The first-order valence-electron chi connectivity index (χ1n) is 14.7. The number of amides is 2. The normalized spacial score (nSPS) is 15.0. The SMILES string of the molecule is COCC1CCN(CC(=O)Nc2ccn(CCC(F)Cn3cc(C(=O)NCc4cccc(OC(C)(F)F)c4)nn3)c(=O)c2)CC1. The van der Waals surface area contributed by atoms with E-state index in [0.717, 1.165) is 32.5 Å². The number of piperidine rings is 1. The summed E-state index contributed by atoms with van der Waals surface area (Å²) in [6.45, 7) is 3.16. The molecule has 0 saturated carbocycles. The number of aryl methyl sites for hydroxylation is 1. The summed E-state index contributed by atoms with van der Waals surface area (Å²) in [4.78, 5) is 39.6. The fourth-order valence-electron chi connectivity index (χ4n) is 4.98. The third kappa shape index (κ3) is 11.0. The summed E-state index contributed by atoms with van der Waals surface area (Å²) < 4.78 is 53.2. The number of nitrogens with zero attached hydrogens (tertiary/aromatic N) is 5. The molecule has 0 spiro atoms. The van der Waals surface area contributed by atoms with Gasteiger partial charge in [-0.05, 0) is 62.0 Å². The van der Waals surface area contributed by atoms with Crippen LogP contribution < -0.4 is 20.9 Å². The van der Waals surface area contributed by atoms with Crippen molar-refractivity contribution in [2.75, 3.05) is 38.7 Å². The van der Waals surface area contributed by atoms with E-state index in [2.05, 4.69) is 30.6 Å². The van der Waals surface area contributed by atoms with Gasteiger partial charge in [-0.2, -0.15) is 8.78 Å². The molecule has 0 bridgehead atoms. The Morgan fingerprint density at radius 2 is 1.96 bits per heavy atom. The molecule has 1 aromatic carbocycles. The van der Waals surface area contributed by atoms with E-state index >= 15 is 0 Å². The minimum atomic E-state index is -3.34. The van der Waals surface area contributed by atoms with Gasteiger partial charge in [0.25, 0.3) is 11.5 Å². The predicted octanol–water partition coefficient (Wildman–Crippen LogP) is 3.09. The van der Waals surface area contributed by atoms with E-state index in [1.807, 2.05) is 0 Å². The van der Waals surface area contributed by atoms with Crippen LogP contribution in [-0.2, 0) is 29.2 Å². The number of carbonyl (C=O) groups is 2. The molecular formula is C30H38F3N7O5. The van der Waals surface area contributed by atoms with Crippen molar-refractivity contribution in [2.24, 2.45) is 5.92 Å². The highest BCUT2D eigenvalue weighted by Crippen LogP contribution is 2.22. The van der Waals surface area contributed by atoms with Gasteiger partial charge in [0.15, 0.2) is 5.69 Å². The van der Waals surface area contributed by atoms with Gasteiger partial charge in [0, 0.05) is 51.7 Å². The molecule has 0 radical (unpaired) electrons. The summed E-state index contributed by atoms with van der Waals surface area (Å²) in [5, 5.41) is 12.9. The lowest BCUT2D eigenvalue weighted by Gasteiger charge is -2.30. The van der Waals surface area contributed by atoms with Gasteiger partial charge in [0.1, 0.15) is 11.9 Å². The quantitative estimate of drug-likeness (QED) is 0.261. The molecule has 15 heteroatoms. The average Bonchev–Trinajstić information content (AvgIpc) is 3.44. The summed E-state index contributed by atoms with van der Waals surface area (Å²) in [5.41, 5.74) is 0.491. The number of alkyl halides is 3. The molecule has 1 aliphatic rings. The number of aromatic nitrogens is 4. The second kappa shape index (κ2) is 15.7. The highest BCUT2D eigenvalue weighted by molar-refractivity contribution is 5.92. The lowest BCUT2D eigenvalue weighted by molar-refractivity contribution is -0.159. The van der Waals surface area contributed by atoms with Crippen molar-refractivity contribution in [1.82, 2.24) is 29.8 Å². The lowest BCUT2D eigenvalue weighted by atomic mass is 9.98. The number of nitrogens with one attached hydrogen (secondary N) is 2. The van der Waals surface area contributed by atoms with Crippen LogP contribution in [0.3, 0.4) is 0 Å². The van der Waals surface area contributed by atoms with Crippen molar-refractivity contribution in [1.29, 1.82) is 0 Å². The molecule has 0 aliphatic carbocycles. The summed E-state index contributed by atoms with van der Waals surface area (Å²) in [6, 6.07) is 8.82. The van der Waals surface area contributed by atoms with E-state index in [9.17, 15) is 27.6 Å². The van der Waals surface area contributed by atoms with Gasteiger partial charge in [0.05, 0.1) is 19.3 Å². The van der Waals surface area contributed by atoms with Crippen molar-refractivity contribution in [2.45, 2.75) is 58.1 Å². The molecule has 45 heavy (non-hydrogen) atoms. The van der Waals surface area contributed by atoms with Crippen molar-refractivity contribution in [3.8, 4) is 5.75 Å². The molecular weight excluding hydrogens is 595 g/mol. The van der Waals surface area contributed by atoms with E-state index in [1.165, 1.54) is 45.9 Å². The topological polar surface area (TPSA) is 133 Å². The van der Waals surface area contributed by atoms with Gasteiger partial charge < -0.3 is 24.7 Å². The summed E-state index contributed by atoms with van der Waals surface area (Å²) in [6.07, 6.45) is 0.0266. The van der Waals surface area contributed by atoms with E-state index in [1.54, 1.807) is 19.2 Å². The Morgan fingerprint density at radius 3 is 2.67 bits per heavy atom. The van der Waals surface area contributed by atoms with Crippen LogP contribution in [0.1, 0.15) is 42.2 Å². The molecule has 3 heterocycles. The van der Waals surface area contributed by atoms with E-state index < -0.39 is 18.2 Å². The molecule has 1 aliphatic heterocycles. The number of ether oxygens (including phenoxy) is 2. The van der Waals surface area contributed by atoms with Gasteiger partial charge in [-0.25, -0.2) is 9.07 Å². The smallest absolute Gasteiger partial charge is 0.394 e. The van der Waals surface area contributed by atoms with Gasteiger partial charge in [-0.1, -0.05) is 17.3 Å².